The summed E-state index contributed by atoms with van der Waals surface area (Å²) in [5, 5.41) is 1.43. The normalized spacial score (nSPS) is 20.5. The highest BCUT2D eigenvalue weighted by Crippen LogP contribution is 2.49. The predicted octanol–water partition coefficient (Wildman–Crippen LogP) is 6.07. The molecule has 2 atom stereocenters. The predicted molar refractivity (Wildman–Crippen MR) is 92.1 cm³/mol. The van der Waals surface area contributed by atoms with Gasteiger partial charge in [0, 0.05) is 22.0 Å². The number of Topliss-reactive ketones (excluding diaryl/α,β-unsaturated/α-hetero) is 1. The van der Waals surface area contributed by atoms with Crippen LogP contribution in [0.2, 0.25) is 10.0 Å². The summed E-state index contributed by atoms with van der Waals surface area (Å²) < 4.78 is 0. The van der Waals surface area contributed by atoms with Gasteiger partial charge in [-0.25, -0.2) is 0 Å². The number of benzene rings is 2. The molecule has 1 nitrogen and oxygen atoms in total. The van der Waals surface area contributed by atoms with Gasteiger partial charge in [0.25, 0.3) is 0 Å². The van der Waals surface area contributed by atoms with Crippen LogP contribution in [0.3, 0.4) is 0 Å². The van der Waals surface area contributed by atoms with E-state index in [1.807, 2.05) is 49.4 Å². The quantitative estimate of drug-likeness (QED) is 0.621. The summed E-state index contributed by atoms with van der Waals surface area (Å²) >= 11 is 12.6. The average molecular weight is 333 g/mol. The summed E-state index contributed by atoms with van der Waals surface area (Å²) in [5.74, 6) is 0.856. The van der Waals surface area contributed by atoms with Gasteiger partial charge in [-0.3, -0.25) is 4.79 Å². The molecule has 0 aliphatic heterocycles. The van der Waals surface area contributed by atoms with Crippen LogP contribution < -0.4 is 0 Å². The first-order valence-corrected chi connectivity index (χ1v) is 8.36. The van der Waals surface area contributed by atoms with E-state index in [4.69, 9.17) is 23.2 Å². The van der Waals surface area contributed by atoms with Crippen LogP contribution in [0.15, 0.2) is 42.5 Å². The van der Waals surface area contributed by atoms with Gasteiger partial charge in [-0.2, -0.15) is 0 Å². The lowest BCUT2D eigenvalue weighted by molar-refractivity contribution is 0.0918. The van der Waals surface area contributed by atoms with Crippen molar-refractivity contribution < 1.29 is 4.79 Å². The van der Waals surface area contributed by atoms with Crippen LogP contribution >= 0.6 is 23.2 Å². The molecule has 0 radical (unpaired) electrons. The third-order valence-electron chi connectivity index (χ3n) is 4.68. The molecule has 0 N–H and O–H groups in total. The zero-order chi connectivity index (χ0) is 15.7. The van der Waals surface area contributed by atoms with E-state index in [0.29, 0.717) is 28.3 Å². The Morgan fingerprint density at radius 1 is 1.05 bits per heavy atom. The number of rotatable bonds is 4. The first-order valence-electron chi connectivity index (χ1n) is 7.60. The van der Waals surface area contributed by atoms with Crippen molar-refractivity contribution in [1.82, 2.24) is 0 Å². The Morgan fingerprint density at radius 2 is 1.73 bits per heavy atom. The second-order valence-corrected chi connectivity index (χ2v) is 6.84. The van der Waals surface area contributed by atoms with E-state index >= 15 is 0 Å². The van der Waals surface area contributed by atoms with Gasteiger partial charge in [0.2, 0.25) is 0 Å². The Kier molecular flexibility index (Phi) is 4.56. The molecule has 3 heteroatoms. The standard InChI is InChI=1S/C19H18Cl2O/c1-12-5-2-3-6-14(12)18(22)11-13-9-10-15(13)19-16(20)7-4-8-17(19)21/h2-8,13,15H,9-11H2,1H3/t13-,15-/m0/s1. The number of carbonyl (C=O) groups is 1. The maximum Gasteiger partial charge on any atom is 0.163 e. The van der Waals surface area contributed by atoms with E-state index < -0.39 is 0 Å². The lowest BCUT2D eigenvalue weighted by Crippen LogP contribution is -2.27. The van der Waals surface area contributed by atoms with Crippen molar-refractivity contribution in [2.75, 3.05) is 0 Å². The van der Waals surface area contributed by atoms with Crippen molar-refractivity contribution in [3.63, 3.8) is 0 Å². The van der Waals surface area contributed by atoms with Crippen molar-refractivity contribution in [3.8, 4) is 0 Å². The molecule has 2 aromatic rings. The van der Waals surface area contributed by atoms with E-state index in [1.165, 1.54) is 0 Å². The van der Waals surface area contributed by atoms with Gasteiger partial charge < -0.3 is 0 Å². The fraction of sp³-hybridized carbons (Fsp3) is 0.316. The molecule has 1 aliphatic rings. The minimum Gasteiger partial charge on any atom is -0.294 e. The molecule has 1 fully saturated rings. The smallest absolute Gasteiger partial charge is 0.163 e. The molecule has 0 aromatic heterocycles. The van der Waals surface area contributed by atoms with E-state index in [9.17, 15) is 4.79 Å². The molecule has 0 bridgehead atoms. The lowest BCUT2D eigenvalue weighted by Gasteiger charge is -2.37. The van der Waals surface area contributed by atoms with Crippen LogP contribution in [0.5, 0.6) is 0 Å². The molecule has 0 saturated heterocycles. The summed E-state index contributed by atoms with van der Waals surface area (Å²) in [7, 11) is 0. The molecule has 22 heavy (non-hydrogen) atoms. The van der Waals surface area contributed by atoms with Gasteiger partial charge in [0.15, 0.2) is 5.78 Å². The number of ketones is 1. The van der Waals surface area contributed by atoms with Crippen molar-refractivity contribution in [3.05, 3.63) is 69.2 Å². The highest BCUT2D eigenvalue weighted by molar-refractivity contribution is 6.36. The first-order chi connectivity index (χ1) is 10.6. The maximum atomic E-state index is 12.5. The topological polar surface area (TPSA) is 17.1 Å². The van der Waals surface area contributed by atoms with Crippen LogP contribution in [0.4, 0.5) is 0 Å². The van der Waals surface area contributed by atoms with E-state index in [2.05, 4.69) is 0 Å². The fourth-order valence-electron chi connectivity index (χ4n) is 3.29. The zero-order valence-corrected chi connectivity index (χ0v) is 14.0. The summed E-state index contributed by atoms with van der Waals surface area (Å²) in [4.78, 5) is 12.5. The summed E-state index contributed by atoms with van der Waals surface area (Å²) in [6, 6.07) is 13.4. The number of hydrogen-bond acceptors (Lipinski definition) is 1. The minimum absolute atomic E-state index is 0.218. The SMILES string of the molecule is Cc1ccccc1C(=O)C[C@@H]1CC[C@@H]1c1c(Cl)cccc1Cl. The van der Waals surface area contributed by atoms with Crippen molar-refractivity contribution in [2.24, 2.45) is 5.92 Å². The van der Waals surface area contributed by atoms with Crippen LogP contribution in [0, 0.1) is 12.8 Å². The first kappa shape index (κ1) is 15.6. The third kappa shape index (κ3) is 2.93. The van der Waals surface area contributed by atoms with Gasteiger partial charge >= 0.3 is 0 Å². The summed E-state index contributed by atoms with van der Waals surface area (Å²) in [5.41, 5.74) is 2.89. The van der Waals surface area contributed by atoms with E-state index in [0.717, 1.165) is 29.5 Å². The monoisotopic (exact) mass is 332 g/mol. The minimum atomic E-state index is 0.218. The van der Waals surface area contributed by atoms with Crippen molar-refractivity contribution in [2.45, 2.75) is 32.1 Å². The molecule has 0 heterocycles. The third-order valence-corrected chi connectivity index (χ3v) is 5.34. The van der Waals surface area contributed by atoms with Crippen LogP contribution in [-0.2, 0) is 0 Å². The fourth-order valence-corrected chi connectivity index (χ4v) is 3.97. The summed E-state index contributed by atoms with van der Waals surface area (Å²) in [6.07, 6.45) is 2.68. The molecule has 0 unspecified atom stereocenters. The number of hydrogen-bond donors (Lipinski definition) is 0. The van der Waals surface area contributed by atoms with Gasteiger partial charge in [0.05, 0.1) is 0 Å². The van der Waals surface area contributed by atoms with Gasteiger partial charge in [-0.1, -0.05) is 53.5 Å². The van der Waals surface area contributed by atoms with E-state index in [1.54, 1.807) is 0 Å². The highest BCUT2D eigenvalue weighted by Gasteiger charge is 2.36. The van der Waals surface area contributed by atoms with Crippen molar-refractivity contribution in [1.29, 1.82) is 0 Å². The molecular formula is C19H18Cl2O. The van der Waals surface area contributed by atoms with E-state index in [-0.39, 0.29) is 5.78 Å². The lowest BCUT2D eigenvalue weighted by atomic mass is 9.67. The number of aryl methyl sites for hydroxylation is 1. The molecule has 1 aliphatic carbocycles. The molecule has 0 amide bonds. The average Bonchev–Trinajstić information content (AvgIpc) is 2.47. The largest absolute Gasteiger partial charge is 0.294 e. The molecule has 3 rings (SSSR count). The van der Waals surface area contributed by atoms with Crippen molar-refractivity contribution >= 4 is 29.0 Å². The second-order valence-electron chi connectivity index (χ2n) is 6.02. The van der Waals surface area contributed by atoms with Crippen LogP contribution in [-0.4, -0.2) is 5.78 Å². The van der Waals surface area contributed by atoms with Crippen LogP contribution in [0.25, 0.3) is 0 Å². The Morgan fingerprint density at radius 3 is 2.32 bits per heavy atom. The number of halogens is 2. The Balaban J connectivity index is 1.77. The Hall–Kier alpha value is -1.31. The number of carbonyl (C=O) groups excluding carboxylic acids is 1. The van der Waals surface area contributed by atoms with Gasteiger partial charge in [-0.05, 0) is 54.9 Å². The zero-order valence-electron chi connectivity index (χ0n) is 12.5. The highest BCUT2D eigenvalue weighted by atomic mass is 35.5. The molecule has 0 spiro atoms. The second kappa shape index (κ2) is 6.44. The molecule has 2 aromatic carbocycles. The Labute approximate surface area is 141 Å². The van der Waals surface area contributed by atoms with Gasteiger partial charge in [-0.15, -0.1) is 0 Å². The molecule has 1 saturated carbocycles. The maximum absolute atomic E-state index is 12.5. The molecule has 114 valence electrons. The molecular weight excluding hydrogens is 315 g/mol. The van der Waals surface area contributed by atoms with Gasteiger partial charge in [0.1, 0.15) is 0 Å². The Bertz CT molecular complexity index is 688. The van der Waals surface area contributed by atoms with Crippen LogP contribution in [0.1, 0.15) is 46.7 Å². The summed E-state index contributed by atoms with van der Waals surface area (Å²) in [6.45, 7) is 1.98.